The van der Waals surface area contributed by atoms with Crippen LogP contribution in [-0.2, 0) is 0 Å². The summed E-state index contributed by atoms with van der Waals surface area (Å²) < 4.78 is 2.90. The first kappa shape index (κ1) is 15.6. The van der Waals surface area contributed by atoms with Crippen molar-refractivity contribution in [3.63, 3.8) is 0 Å². The fourth-order valence-electron chi connectivity index (χ4n) is 1.97. The van der Waals surface area contributed by atoms with Crippen molar-refractivity contribution in [3.8, 4) is 5.82 Å². The largest absolute Gasteiger partial charge is 0.261 e. The quantitative estimate of drug-likeness (QED) is 0.401. The molecule has 1 N–H and O–H groups in total. The van der Waals surface area contributed by atoms with Crippen LogP contribution in [0.25, 0.3) is 5.82 Å². The van der Waals surface area contributed by atoms with E-state index in [4.69, 9.17) is 0 Å². The molecule has 0 saturated carbocycles. The van der Waals surface area contributed by atoms with Gasteiger partial charge in [0, 0.05) is 15.8 Å². The molecular formula is C16H15IN6. The summed E-state index contributed by atoms with van der Waals surface area (Å²) in [6.07, 6.45) is 5.19. The Hall–Kier alpha value is -2.29. The highest BCUT2D eigenvalue weighted by Crippen LogP contribution is 2.11. The van der Waals surface area contributed by atoms with Crippen LogP contribution in [0.2, 0.25) is 0 Å². The van der Waals surface area contributed by atoms with Gasteiger partial charge in [-0.15, -0.1) is 0 Å². The van der Waals surface area contributed by atoms with Gasteiger partial charge in [0.1, 0.15) is 6.33 Å². The Kier molecular flexibility index (Phi) is 4.65. The molecule has 0 aliphatic carbocycles. The molecule has 0 fully saturated rings. The number of hydrogen-bond acceptors (Lipinski definition) is 5. The van der Waals surface area contributed by atoms with Crippen molar-refractivity contribution in [1.29, 1.82) is 0 Å². The lowest BCUT2D eigenvalue weighted by Gasteiger charge is -2.05. The zero-order valence-corrected chi connectivity index (χ0v) is 14.9. The van der Waals surface area contributed by atoms with Crippen molar-refractivity contribution in [2.45, 2.75) is 13.8 Å². The number of benzene rings is 1. The first-order chi connectivity index (χ1) is 11.1. The standard InChI is InChI=1S/C16H15IN6/c1-11-8-20-23(9-11)16-7-15(18-10-19-16)22-21-12(2)13-3-5-14(17)6-4-13/h3-10H,1-2H3,(H,18,19,22)/b21-12-. The molecule has 0 saturated heterocycles. The van der Waals surface area contributed by atoms with E-state index in [2.05, 4.69) is 60.3 Å². The Labute approximate surface area is 147 Å². The van der Waals surface area contributed by atoms with E-state index in [0.29, 0.717) is 11.6 Å². The Balaban J connectivity index is 1.78. The Morgan fingerprint density at radius 1 is 1.22 bits per heavy atom. The minimum Gasteiger partial charge on any atom is -0.261 e. The van der Waals surface area contributed by atoms with E-state index < -0.39 is 0 Å². The lowest BCUT2D eigenvalue weighted by atomic mass is 10.1. The van der Waals surface area contributed by atoms with Crippen molar-refractivity contribution in [2.24, 2.45) is 5.10 Å². The minimum absolute atomic E-state index is 0.619. The summed E-state index contributed by atoms with van der Waals surface area (Å²) in [7, 11) is 0. The third-order valence-corrected chi connectivity index (χ3v) is 3.92. The summed E-state index contributed by atoms with van der Waals surface area (Å²) in [5.41, 5.74) is 5.99. The predicted molar refractivity (Wildman–Crippen MR) is 98.9 cm³/mol. The van der Waals surface area contributed by atoms with Gasteiger partial charge >= 0.3 is 0 Å². The summed E-state index contributed by atoms with van der Waals surface area (Å²) in [5.74, 6) is 1.31. The lowest BCUT2D eigenvalue weighted by molar-refractivity contribution is 0.839. The molecule has 23 heavy (non-hydrogen) atoms. The van der Waals surface area contributed by atoms with Crippen molar-refractivity contribution < 1.29 is 0 Å². The molecule has 2 aromatic heterocycles. The van der Waals surface area contributed by atoms with E-state index in [1.165, 1.54) is 9.90 Å². The fourth-order valence-corrected chi connectivity index (χ4v) is 2.33. The average molecular weight is 418 g/mol. The summed E-state index contributed by atoms with van der Waals surface area (Å²) in [6.45, 7) is 3.94. The highest BCUT2D eigenvalue weighted by molar-refractivity contribution is 14.1. The maximum absolute atomic E-state index is 4.38. The first-order valence-electron chi connectivity index (χ1n) is 7.02. The maximum atomic E-state index is 4.38. The number of anilines is 1. The van der Waals surface area contributed by atoms with Crippen LogP contribution in [0.4, 0.5) is 5.82 Å². The highest BCUT2D eigenvalue weighted by Gasteiger charge is 2.03. The molecule has 3 aromatic rings. The molecule has 2 heterocycles. The second-order valence-electron chi connectivity index (χ2n) is 5.04. The molecule has 1 aromatic carbocycles. The normalized spacial score (nSPS) is 11.5. The summed E-state index contributed by atoms with van der Waals surface area (Å²) >= 11 is 2.28. The van der Waals surface area contributed by atoms with Crippen molar-refractivity contribution in [2.75, 3.05) is 5.43 Å². The van der Waals surface area contributed by atoms with E-state index in [1.807, 2.05) is 32.2 Å². The minimum atomic E-state index is 0.619. The number of halogens is 1. The molecule has 3 rings (SSSR count). The van der Waals surface area contributed by atoms with E-state index in [1.54, 1.807) is 16.9 Å². The van der Waals surface area contributed by atoms with Crippen molar-refractivity contribution in [1.82, 2.24) is 19.7 Å². The molecule has 7 heteroatoms. The fraction of sp³-hybridized carbons (Fsp3) is 0.125. The number of aromatic nitrogens is 4. The van der Waals surface area contributed by atoms with Gasteiger partial charge in [0.05, 0.1) is 11.9 Å². The number of hydrazone groups is 1. The smallest absolute Gasteiger partial charge is 0.158 e. The third-order valence-electron chi connectivity index (χ3n) is 3.20. The number of nitrogens with zero attached hydrogens (tertiary/aromatic N) is 5. The van der Waals surface area contributed by atoms with Crippen LogP contribution in [0.15, 0.2) is 54.2 Å². The van der Waals surface area contributed by atoms with Gasteiger partial charge in [-0.25, -0.2) is 14.6 Å². The van der Waals surface area contributed by atoms with Gasteiger partial charge in [0.25, 0.3) is 0 Å². The topological polar surface area (TPSA) is 68.0 Å². The van der Waals surface area contributed by atoms with Crippen LogP contribution in [-0.4, -0.2) is 25.5 Å². The predicted octanol–water partition coefficient (Wildman–Crippen LogP) is 3.41. The number of hydrogen-bond donors (Lipinski definition) is 1. The van der Waals surface area contributed by atoms with Crippen LogP contribution in [0, 0.1) is 10.5 Å². The van der Waals surface area contributed by atoms with Gasteiger partial charge in [-0.1, -0.05) is 12.1 Å². The molecule has 0 aliphatic heterocycles. The van der Waals surface area contributed by atoms with Gasteiger partial charge in [-0.2, -0.15) is 10.2 Å². The van der Waals surface area contributed by atoms with Crippen molar-refractivity contribution in [3.05, 3.63) is 63.7 Å². The number of aryl methyl sites for hydroxylation is 1. The number of rotatable bonds is 4. The second kappa shape index (κ2) is 6.86. The Morgan fingerprint density at radius 2 is 2.00 bits per heavy atom. The monoisotopic (exact) mass is 418 g/mol. The summed E-state index contributed by atoms with van der Waals surface area (Å²) in [6, 6.07) is 9.99. The highest BCUT2D eigenvalue weighted by atomic mass is 127. The van der Waals surface area contributed by atoms with Crippen LogP contribution >= 0.6 is 22.6 Å². The van der Waals surface area contributed by atoms with E-state index in [9.17, 15) is 0 Å². The molecule has 0 bridgehead atoms. The van der Waals surface area contributed by atoms with Crippen LogP contribution < -0.4 is 5.43 Å². The lowest BCUT2D eigenvalue weighted by Crippen LogP contribution is -2.03. The molecular weight excluding hydrogens is 403 g/mol. The van der Waals surface area contributed by atoms with Crippen LogP contribution in [0.3, 0.4) is 0 Å². The average Bonchev–Trinajstić information content (AvgIpc) is 3.00. The van der Waals surface area contributed by atoms with Crippen molar-refractivity contribution >= 4 is 34.1 Å². The molecule has 116 valence electrons. The molecule has 0 atom stereocenters. The van der Waals surface area contributed by atoms with Crippen LogP contribution in [0.5, 0.6) is 0 Å². The molecule has 6 nitrogen and oxygen atoms in total. The Morgan fingerprint density at radius 3 is 2.70 bits per heavy atom. The SMILES string of the molecule is C/C(=N/Nc1cc(-n2cc(C)cn2)ncn1)c1ccc(I)cc1. The number of nitrogens with one attached hydrogen (secondary N) is 1. The van der Waals surface area contributed by atoms with Gasteiger partial charge in [-0.05, 0) is 59.7 Å². The summed E-state index contributed by atoms with van der Waals surface area (Å²) in [4.78, 5) is 8.40. The van der Waals surface area contributed by atoms with Gasteiger partial charge < -0.3 is 0 Å². The van der Waals surface area contributed by atoms with Crippen LogP contribution in [0.1, 0.15) is 18.1 Å². The zero-order chi connectivity index (χ0) is 16.2. The molecule has 0 spiro atoms. The molecule has 0 unspecified atom stereocenters. The third kappa shape index (κ3) is 3.92. The molecule has 0 radical (unpaired) electrons. The molecule has 0 amide bonds. The van der Waals surface area contributed by atoms with Gasteiger partial charge in [0.2, 0.25) is 0 Å². The van der Waals surface area contributed by atoms with Gasteiger partial charge in [-0.3, -0.25) is 5.43 Å². The molecule has 0 aliphatic rings. The van der Waals surface area contributed by atoms with E-state index in [-0.39, 0.29) is 0 Å². The Bertz CT molecular complexity index is 838. The first-order valence-corrected chi connectivity index (χ1v) is 8.09. The maximum Gasteiger partial charge on any atom is 0.158 e. The van der Waals surface area contributed by atoms with Gasteiger partial charge in [0.15, 0.2) is 11.6 Å². The second-order valence-corrected chi connectivity index (χ2v) is 6.29. The van der Waals surface area contributed by atoms with E-state index >= 15 is 0 Å². The van der Waals surface area contributed by atoms with E-state index in [0.717, 1.165) is 16.8 Å². The zero-order valence-electron chi connectivity index (χ0n) is 12.7. The summed E-state index contributed by atoms with van der Waals surface area (Å²) in [5, 5.41) is 8.62.